The fraction of sp³-hybridized carbons (Fsp3) is 0.429. The predicted molar refractivity (Wildman–Crippen MR) is 94.5 cm³/mol. The van der Waals surface area contributed by atoms with Crippen LogP contribution in [0.1, 0.15) is 51.0 Å². The van der Waals surface area contributed by atoms with Gasteiger partial charge in [-0.2, -0.15) is 0 Å². The Hall–Kier alpha value is -1.97. The lowest BCUT2D eigenvalue weighted by Gasteiger charge is -2.27. The summed E-state index contributed by atoms with van der Waals surface area (Å²) in [5.41, 5.74) is 0.368. The molecule has 0 amide bonds. The van der Waals surface area contributed by atoms with Crippen molar-refractivity contribution in [3.05, 3.63) is 53.4 Å². The largest absolute Gasteiger partial charge is 0.491 e. The molecule has 2 aromatic rings. The minimum atomic E-state index is -1.11. The van der Waals surface area contributed by atoms with Crippen LogP contribution in [-0.2, 0) is 0 Å². The van der Waals surface area contributed by atoms with Crippen molar-refractivity contribution in [2.24, 2.45) is 5.92 Å². The Bertz CT molecular complexity index is 790. The number of fused-ring (bicyclic) bond motifs is 1. The van der Waals surface area contributed by atoms with Gasteiger partial charge in [-0.1, -0.05) is 18.2 Å². The molecular weight excluding hydrogens is 325 g/mol. The van der Waals surface area contributed by atoms with Crippen LogP contribution >= 0.6 is 0 Å². The van der Waals surface area contributed by atoms with Gasteiger partial charge in [0.05, 0.1) is 12.0 Å². The fourth-order valence-electron chi connectivity index (χ4n) is 3.84. The maximum atomic E-state index is 14.7. The van der Waals surface area contributed by atoms with E-state index in [-0.39, 0.29) is 23.7 Å². The third kappa shape index (κ3) is 3.39. The quantitative estimate of drug-likeness (QED) is 0.573. The minimum absolute atomic E-state index is 0.0185. The van der Waals surface area contributed by atoms with Gasteiger partial charge >= 0.3 is 0 Å². The van der Waals surface area contributed by atoms with Crippen LogP contribution in [0.15, 0.2) is 30.4 Å². The third-order valence-electron chi connectivity index (χ3n) is 5.09. The first kappa shape index (κ1) is 17.8. The summed E-state index contributed by atoms with van der Waals surface area (Å²) < 4.78 is 48.9. The summed E-state index contributed by atoms with van der Waals surface area (Å²) in [7, 11) is 0. The molecule has 0 radical (unpaired) electrons. The maximum Gasteiger partial charge on any atom is 0.175 e. The summed E-state index contributed by atoms with van der Waals surface area (Å²) in [4.78, 5) is 0. The Balaban J connectivity index is 1.98. The Morgan fingerprint density at radius 2 is 1.76 bits per heavy atom. The Kier molecular flexibility index (Phi) is 5.36. The molecule has 25 heavy (non-hydrogen) atoms. The summed E-state index contributed by atoms with van der Waals surface area (Å²) in [6, 6.07) is 4.68. The zero-order valence-corrected chi connectivity index (χ0v) is 14.6. The van der Waals surface area contributed by atoms with Gasteiger partial charge in [0, 0.05) is 0 Å². The second-order valence-corrected chi connectivity index (χ2v) is 6.64. The lowest BCUT2D eigenvalue weighted by Crippen LogP contribution is -2.14. The Labute approximate surface area is 146 Å². The summed E-state index contributed by atoms with van der Waals surface area (Å²) in [6.07, 6.45) is 7.78. The number of allylic oxidation sites excluding steroid dienone is 2. The summed E-state index contributed by atoms with van der Waals surface area (Å²) >= 11 is 0. The normalized spacial score (nSPS) is 21.2. The smallest absolute Gasteiger partial charge is 0.175 e. The molecule has 134 valence electrons. The lowest BCUT2D eigenvalue weighted by molar-refractivity contribution is 0.322. The average molecular weight is 348 g/mol. The van der Waals surface area contributed by atoms with Crippen molar-refractivity contribution in [2.75, 3.05) is 6.61 Å². The molecule has 0 bridgehead atoms. The highest BCUT2D eigenvalue weighted by Crippen LogP contribution is 2.40. The molecule has 1 saturated carbocycles. The molecular formula is C21H23F3O. The van der Waals surface area contributed by atoms with E-state index in [4.69, 9.17) is 4.74 Å². The predicted octanol–water partition coefficient (Wildman–Crippen LogP) is 6.51. The molecule has 0 N–H and O–H groups in total. The molecule has 0 spiro atoms. The second kappa shape index (κ2) is 7.51. The third-order valence-corrected chi connectivity index (χ3v) is 5.09. The monoisotopic (exact) mass is 348 g/mol. The number of benzene rings is 2. The molecule has 0 unspecified atom stereocenters. The van der Waals surface area contributed by atoms with Gasteiger partial charge in [-0.25, -0.2) is 13.2 Å². The first-order valence-electron chi connectivity index (χ1n) is 8.92. The van der Waals surface area contributed by atoms with E-state index in [0.717, 1.165) is 25.7 Å². The summed E-state index contributed by atoms with van der Waals surface area (Å²) in [6.45, 7) is 3.98. The van der Waals surface area contributed by atoms with E-state index in [1.54, 1.807) is 19.1 Å². The van der Waals surface area contributed by atoms with E-state index < -0.39 is 17.5 Å². The van der Waals surface area contributed by atoms with Crippen LogP contribution in [0.5, 0.6) is 5.75 Å². The van der Waals surface area contributed by atoms with Crippen LogP contribution in [0.4, 0.5) is 13.2 Å². The highest BCUT2D eigenvalue weighted by Gasteiger charge is 2.27. The van der Waals surface area contributed by atoms with Crippen LogP contribution in [0.2, 0.25) is 0 Å². The van der Waals surface area contributed by atoms with Crippen molar-refractivity contribution in [1.82, 2.24) is 0 Å². The van der Waals surface area contributed by atoms with Crippen LogP contribution in [0.3, 0.4) is 0 Å². The molecule has 4 heteroatoms. The molecule has 0 heterocycles. The van der Waals surface area contributed by atoms with Gasteiger partial charge < -0.3 is 4.74 Å². The first-order chi connectivity index (χ1) is 12.1. The number of hydrogen-bond acceptors (Lipinski definition) is 1. The van der Waals surface area contributed by atoms with Gasteiger partial charge in [-0.15, -0.1) is 0 Å². The van der Waals surface area contributed by atoms with Crippen molar-refractivity contribution >= 4 is 10.8 Å². The maximum absolute atomic E-state index is 14.7. The van der Waals surface area contributed by atoms with E-state index in [1.165, 1.54) is 6.07 Å². The lowest BCUT2D eigenvalue weighted by atomic mass is 9.78. The zero-order valence-electron chi connectivity index (χ0n) is 14.6. The molecule has 1 fully saturated rings. The van der Waals surface area contributed by atoms with Crippen molar-refractivity contribution in [3.63, 3.8) is 0 Å². The molecule has 1 aliphatic rings. The van der Waals surface area contributed by atoms with E-state index in [1.807, 2.05) is 13.0 Å². The zero-order chi connectivity index (χ0) is 18.0. The summed E-state index contributed by atoms with van der Waals surface area (Å²) in [5.74, 6) is -2.42. The van der Waals surface area contributed by atoms with E-state index >= 15 is 0 Å². The molecule has 0 saturated heterocycles. The van der Waals surface area contributed by atoms with Gasteiger partial charge in [0.25, 0.3) is 0 Å². The van der Waals surface area contributed by atoms with Crippen LogP contribution in [0.25, 0.3) is 10.8 Å². The molecule has 1 aliphatic carbocycles. The molecule has 3 rings (SSSR count). The fourth-order valence-corrected chi connectivity index (χ4v) is 3.84. The highest BCUT2D eigenvalue weighted by molar-refractivity contribution is 5.86. The Morgan fingerprint density at radius 1 is 1.04 bits per heavy atom. The standard InChI is InChI=1S/C21H23F3O/c1-3-5-13-6-8-14(9-7-13)16-12-15-10-11-17(25-4-2)20(23)18(15)21(24)19(16)22/h3,5,10-14H,4,6-9H2,1-2H3/b5-3+. The van der Waals surface area contributed by atoms with Gasteiger partial charge in [0.2, 0.25) is 0 Å². The van der Waals surface area contributed by atoms with E-state index in [0.29, 0.717) is 16.9 Å². The van der Waals surface area contributed by atoms with Crippen molar-refractivity contribution in [2.45, 2.75) is 45.4 Å². The number of ether oxygens (including phenoxy) is 1. The molecule has 0 aromatic heterocycles. The number of rotatable bonds is 4. The summed E-state index contributed by atoms with van der Waals surface area (Å²) in [5, 5.41) is 0.0558. The average Bonchev–Trinajstić information content (AvgIpc) is 2.61. The number of hydrogen-bond donors (Lipinski definition) is 0. The molecule has 2 aromatic carbocycles. The Morgan fingerprint density at radius 3 is 2.40 bits per heavy atom. The van der Waals surface area contributed by atoms with Gasteiger partial charge in [0.15, 0.2) is 23.2 Å². The molecule has 0 atom stereocenters. The van der Waals surface area contributed by atoms with Crippen LogP contribution < -0.4 is 4.74 Å². The van der Waals surface area contributed by atoms with Gasteiger partial charge in [-0.3, -0.25) is 0 Å². The molecule has 1 nitrogen and oxygen atoms in total. The van der Waals surface area contributed by atoms with Crippen molar-refractivity contribution in [1.29, 1.82) is 0 Å². The van der Waals surface area contributed by atoms with E-state index in [2.05, 4.69) is 6.08 Å². The van der Waals surface area contributed by atoms with Crippen molar-refractivity contribution in [3.8, 4) is 5.75 Å². The first-order valence-corrected chi connectivity index (χ1v) is 8.92. The topological polar surface area (TPSA) is 9.23 Å². The highest BCUT2D eigenvalue weighted by atomic mass is 19.2. The molecule has 0 aliphatic heterocycles. The van der Waals surface area contributed by atoms with Crippen LogP contribution in [0, 0.1) is 23.4 Å². The second-order valence-electron chi connectivity index (χ2n) is 6.64. The number of halogens is 3. The van der Waals surface area contributed by atoms with Gasteiger partial charge in [0.1, 0.15) is 0 Å². The minimum Gasteiger partial charge on any atom is -0.491 e. The van der Waals surface area contributed by atoms with Gasteiger partial charge in [-0.05, 0) is 74.4 Å². The van der Waals surface area contributed by atoms with Crippen molar-refractivity contribution < 1.29 is 17.9 Å². The van der Waals surface area contributed by atoms with E-state index in [9.17, 15) is 13.2 Å². The van der Waals surface area contributed by atoms with Crippen LogP contribution in [-0.4, -0.2) is 6.61 Å². The SMILES string of the molecule is C/C=C/C1CCC(c2cc3ccc(OCC)c(F)c3c(F)c2F)CC1.